The van der Waals surface area contributed by atoms with Crippen molar-refractivity contribution < 1.29 is 18.0 Å². The third-order valence-electron chi connectivity index (χ3n) is 4.37. The molecule has 1 aliphatic heterocycles. The van der Waals surface area contributed by atoms with Crippen LogP contribution in [0.2, 0.25) is 0 Å². The molecule has 1 fully saturated rings. The average molecular weight is 356 g/mol. The lowest BCUT2D eigenvalue weighted by molar-refractivity contribution is -0.162. The summed E-state index contributed by atoms with van der Waals surface area (Å²) in [6.45, 7) is 1.10. The van der Waals surface area contributed by atoms with Gasteiger partial charge in [0.25, 0.3) is 0 Å². The minimum absolute atomic E-state index is 0.111. The molecule has 0 spiro atoms. The van der Waals surface area contributed by atoms with Crippen LogP contribution in [0.5, 0.6) is 0 Å². The van der Waals surface area contributed by atoms with E-state index >= 15 is 0 Å². The lowest BCUT2D eigenvalue weighted by atomic mass is 9.97. The SMILES string of the molecule is Cn1c(Cn2ccnc2)nnc1[C@@H]1CCCN(C(=O)CC(F)(F)F)C1. The molecule has 0 radical (unpaired) electrons. The van der Waals surface area contributed by atoms with Gasteiger partial charge in [0.05, 0.1) is 12.9 Å². The van der Waals surface area contributed by atoms with Crippen molar-refractivity contribution in [2.45, 2.75) is 37.9 Å². The van der Waals surface area contributed by atoms with Gasteiger partial charge < -0.3 is 14.0 Å². The van der Waals surface area contributed by atoms with Gasteiger partial charge in [-0.1, -0.05) is 0 Å². The number of hydrogen-bond acceptors (Lipinski definition) is 4. The fraction of sp³-hybridized carbons (Fsp3) is 0.600. The van der Waals surface area contributed by atoms with Crippen molar-refractivity contribution in [3.8, 4) is 0 Å². The minimum Gasteiger partial charge on any atom is -0.342 e. The summed E-state index contributed by atoms with van der Waals surface area (Å²) < 4.78 is 41.0. The number of carbonyl (C=O) groups excluding carboxylic acids is 1. The first kappa shape index (κ1) is 17.4. The molecule has 136 valence electrons. The predicted molar refractivity (Wildman–Crippen MR) is 81.6 cm³/mol. The number of halogens is 3. The zero-order valence-electron chi connectivity index (χ0n) is 13.8. The molecule has 7 nitrogen and oxygen atoms in total. The molecule has 0 unspecified atom stereocenters. The minimum atomic E-state index is -4.48. The molecule has 1 atom stereocenters. The van der Waals surface area contributed by atoms with Gasteiger partial charge >= 0.3 is 6.18 Å². The Morgan fingerprint density at radius 2 is 2.16 bits per heavy atom. The average Bonchev–Trinajstić information content (AvgIpc) is 3.17. The number of alkyl halides is 3. The fourth-order valence-corrected chi connectivity index (χ4v) is 3.11. The molecule has 0 N–H and O–H groups in total. The number of amides is 1. The molecule has 1 amide bonds. The van der Waals surface area contributed by atoms with E-state index in [1.807, 2.05) is 22.4 Å². The molecule has 25 heavy (non-hydrogen) atoms. The summed E-state index contributed by atoms with van der Waals surface area (Å²) in [5, 5.41) is 8.38. The van der Waals surface area contributed by atoms with Crippen LogP contribution >= 0.6 is 0 Å². The Labute approximate surface area is 142 Å². The van der Waals surface area contributed by atoms with Gasteiger partial charge in [-0.2, -0.15) is 13.2 Å². The van der Waals surface area contributed by atoms with Gasteiger partial charge in [0.2, 0.25) is 5.91 Å². The van der Waals surface area contributed by atoms with Crippen molar-refractivity contribution in [2.24, 2.45) is 7.05 Å². The number of carbonyl (C=O) groups is 1. The van der Waals surface area contributed by atoms with E-state index in [1.165, 1.54) is 4.90 Å². The number of aromatic nitrogens is 5. The smallest absolute Gasteiger partial charge is 0.342 e. The standard InChI is InChI=1S/C15H19F3N6O/c1-22-12(9-23-6-4-19-10-23)20-21-14(22)11-3-2-5-24(8-11)13(25)7-15(16,17)18/h4,6,10-11H,2-3,5,7-9H2,1H3/t11-/m1/s1. The summed E-state index contributed by atoms with van der Waals surface area (Å²) in [7, 11) is 1.83. The highest BCUT2D eigenvalue weighted by Crippen LogP contribution is 2.28. The summed E-state index contributed by atoms with van der Waals surface area (Å²) in [5.41, 5.74) is 0. The fourth-order valence-electron chi connectivity index (χ4n) is 3.11. The van der Waals surface area contributed by atoms with Crippen LogP contribution in [0.15, 0.2) is 18.7 Å². The molecule has 2 aromatic heterocycles. The maximum atomic E-state index is 12.4. The van der Waals surface area contributed by atoms with Gasteiger partial charge in [-0.25, -0.2) is 4.98 Å². The lowest BCUT2D eigenvalue weighted by Gasteiger charge is -2.32. The van der Waals surface area contributed by atoms with Crippen LogP contribution in [-0.2, 0) is 18.4 Å². The number of likely N-dealkylation sites (tertiary alicyclic amines) is 1. The Morgan fingerprint density at radius 3 is 2.84 bits per heavy atom. The summed E-state index contributed by atoms with van der Waals surface area (Å²) in [6, 6.07) is 0. The molecule has 10 heteroatoms. The Bertz CT molecular complexity index is 724. The van der Waals surface area contributed by atoms with Gasteiger partial charge in [-0.3, -0.25) is 4.79 Å². The number of hydrogen-bond donors (Lipinski definition) is 0. The lowest BCUT2D eigenvalue weighted by Crippen LogP contribution is -2.41. The van der Waals surface area contributed by atoms with Crippen molar-refractivity contribution >= 4 is 5.91 Å². The first-order chi connectivity index (χ1) is 11.8. The summed E-state index contributed by atoms with van der Waals surface area (Å²) in [4.78, 5) is 17.1. The predicted octanol–water partition coefficient (Wildman–Crippen LogP) is 1.72. The molecule has 3 rings (SSSR count). The van der Waals surface area contributed by atoms with Crippen LogP contribution in [0.4, 0.5) is 13.2 Å². The van der Waals surface area contributed by atoms with Crippen molar-refractivity contribution in [1.82, 2.24) is 29.2 Å². The normalized spacial score (nSPS) is 18.6. The number of rotatable bonds is 4. The largest absolute Gasteiger partial charge is 0.397 e. The van der Waals surface area contributed by atoms with E-state index in [0.717, 1.165) is 12.2 Å². The van der Waals surface area contributed by atoms with E-state index in [4.69, 9.17) is 0 Å². The summed E-state index contributed by atoms with van der Waals surface area (Å²) in [6.07, 6.45) is 0.684. The number of piperidine rings is 1. The summed E-state index contributed by atoms with van der Waals surface area (Å²) in [5.74, 6) is 0.435. The van der Waals surface area contributed by atoms with E-state index in [9.17, 15) is 18.0 Å². The van der Waals surface area contributed by atoms with Crippen molar-refractivity contribution in [3.63, 3.8) is 0 Å². The Hall–Kier alpha value is -2.39. The molecule has 3 heterocycles. The monoisotopic (exact) mass is 356 g/mol. The van der Waals surface area contributed by atoms with Crippen molar-refractivity contribution in [2.75, 3.05) is 13.1 Å². The Kier molecular flexibility index (Phi) is 4.78. The van der Waals surface area contributed by atoms with E-state index in [0.29, 0.717) is 25.3 Å². The number of imidazole rings is 1. The van der Waals surface area contributed by atoms with Crippen LogP contribution in [-0.4, -0.2) is 54.4 Å². The molecule has 1 saturated heterocycles. The quantitative estimate of drug-likeness (QED) is 0.837. The highest BCUT2D eigenvalue weighted by Gasteiger charge is 2.36. The van der Waals surface area contributed by atoms with Gasteiger partial charge in [0.15, 0.2) is 5.82 Å². The second-order valence-corrected chi connectivity index (χ2v) is 6.24. The third-order valence-corrected chi connectivity index (χ3v) is 4.37. The van der Waals surface area contributed by atoms with E-state index in [1.54, 1.807) is 12.5 Å². The first-order valence-electron chi connectivity index (χ1n) is 8.02. The Morgan fingerprint density at radius 1 is 1.36 bits per heavy atom. The molecule has 2 aromatic rings. The van der Waals surface area contributed by atoms with Crippen LogP contribution in [0.3, 0.4) is 0 Å². The van der Waals surface area contributed by atoms with Crippen LogP contribution in [0.1, 0.15) is 36.8 Å². The van der Waals surface area contributed by atoms with E-state index in [-0.39, 0.29) is 12.5 Å². The molecular formula is C15H19F3N6O. The zero-order chi connectivity index (χ0) is 18.0. The second-order valence-electron chi connectivity index (χ2n) is 6.24. The van der Waals surface area contributed by atoms with Crippen LogP contribution in [0.25, 0.3) is 0 Å². The van der Waals surface area contributed by atoms with Crippen molar-refractivity contribution in [1.29, 1.82) is 0 Å². The van der Waals surface area contributed by atoms with E-state index in [2.05, 4.69) is 15.2 Å². The second kappa shape index (κ2) is 6.85. The maximum Gasteiger partial charge on any atom is 0.397 e. The first-order valence-corrected chi connectivity index (χ1v) is 8.02. The molecule has 1 aliphatic rings. The maximum absolute atomic E-state index is 12.4. The van der Waals surface area contributed by atoms with Crippen LogP contribution in [0, 0.1) is 0 Å². The molecule has 0 aliphatic carbocycles. The molecular weight excluding hydrogens is 337 g/mol. The summed E-state index contributed by atoms with van der Waals surface area (Å²) >= 11 is 0. The van der Waals surface area contributed by atoms with Crippen molar-refractivity contribution in [3.05, 3.63) is 30.4 Å². The molecule has 0 saturated carbocycles. The van der Waals surface area contributed by atoms with Gasteiger partial charge in [0, 0.05) is 38.4 Å². The van der Waals surface area contributed by atoms with Crippen LogP contribution < -0.4 is 0 Å². The highest BCUT2D eigenvalue weighted by atomic mass is 19.4. The Balaban J connectivity index is 1.69. The zero-order valence-corrected chi connectivity index (χ0v) is 13.8. The van der Waals surface area contributed by atoms with E-state index < -0.39 is 18.5 Å². The molecule has 0 bridgehead atoms. The third kappa shape index (κ3) is 4.18. The topological polar surface area (TPSA) is 68.8 Å². The van der Waals surface area contributed by atoms with Gasteiger partial charge in [-0.15, -0.1) is 10.2 Å². The highest BCUT2D eigenvalue weighted by molar-refractivity contribution is 5.77. The van der Waals surface area contributed by atoms with Gasteiger partial charge in [0.1, 0.15) is 12.2 Å². The molecule has 0 aromatic carbocycles. The van der Waals surface area contributed by atoms with Gasteiger partial charge in [-0.05, 0) is 12.8 Å². The number of nitrogens with zero attached hydrogens (tertiary/aromatic N) is 6.